The molecule has 0 spiro atoms. The van der Waals surface area contributed by atoms with Gasteiger partial charge in [-0.25, -0.2) is 9.87 Å². The Kier molecular flexibility index (Phi) is 7.67. The van der Waals surface area contributed by atoms with Gasteiger partial charge in [-0.15, -0.1) is 0 Å². The smallest absolute Gasteiger partial charge is 0.313 e. The van der Waals surface area contributed by atoms with Crippen molar-refractivity contribution in [3.8, 4) is 0 Å². The summed E-state index contributed by atoms with van der Waals surface area (Å²) in [5.41, 5.74) is 2.88. The van der Waals surface area contributed by atoms with Crippen molar-refractivity contribution in [1.29, 1.82) is 0 Å². The molecule has 3 rings (SSSR count). The molecule has 1 saturated heterocycles. The molecule has 168 valence electrons. The minimum Gasteiger partial charge on any atom is -0.344 e. The fraction of sp³-hybridized carbons (Fsp3) is 0.304. The second-order valence-electron chi connectivity index (χ2n) is 7.42. The zero-order valence-electron chi connectivity index (χ0n) is 17.5. The number of hydroxylamine groups is 1. The van der Waals surface area contributed by atoms with E-state index in [-0.39, 0.29) is 37.3 Å². The molecule has 2 N–H and O–H groups in total. The Morgan fingerprint density at radius 2 is 1.84 bits per heavy atom. The molecular formula is C23H24FN3O5. The predicted octanol–water partition coefficient (Wildman–Crippen LogP) is 1.29. The lowest BCUT2D eigenvalue weighted by Gasteiger charge is -2.32. The van der Waals surface area contributed by atoms with Crippen LogP contribution in [0.4, 0.5) is 4.39 Å². The second kappa shape index (κ2) is 10.6. The maximum atomic E-state index is 14.4. The molecule has 8 nitrogen and oxygen atoms in total. The van der Waals surface area contributed by atoms with Crippen molar-refractivity contribution in [3.05, 3.63) is 71.5 Å². The van der Waals surface area contributed by atoms with Crippen LogP contribution in [0.5, 0.6) is 0 Å². The van der Waals surface area contributed by atoms with E-state index in [2.05, 4.69) is 10.2 Å². The summed E-state index contributed by atoms with van der Waals surface area (Å²) in [6, 6.07) is 12.7. The number of nitrogens with zero attached hydrogens (tertiary/aromatic N) is 1. The van der Waals surface area contributed by atoms with Gasteiger partial charge in [-0.2, -0.15) is 0 Å². The first-order valence-corrected chi connectivity index (χ1v) is 10.1. The number of hydrogen-bond acceptors (Lipinski definition) is 5. The number of nitrogens with one attached hydrogen (secondary N) is 2. The van der Waals surface area contributed by atoms with Gasteiger partial charge in [0.2, 0.25) is 17.6 Å². The lowest BCUT2D eigenvalue weighted by Crippen LogP contribution is -2.55. The zero-order valence-corrected chi connectivity index (χ0v) is 17.5. The topological polar surface area (TPSA) is 105 Å². The first-order chi connectivity index (χ1) is 15.4. The van der Waals surface area contributed by atoms with Crippen molar-refractivity contribution in [3.63, 3.8) is 0 Å². The van der Waals surface area contributed by atoms with Gasteiger partial charge in [0.1, 0.15) is 17.9 Å². The standard InChI is InChI=1S/C23H24FN3O5/c1-32-26-22(30)21(29)19(13-15-7-3-2-4-8-15)27(14-16-9-5-6-10-17(16)24)23(31)18-11-12-20(28)25-18/h2-10,18-19H,11-14H2,1H3,(H,25,28)(H,26,30)/t18-,19?/m1/s1. The van der Waals surface area contributed by atoms with Crippen LogP contribution >= 0.6 is 0 Å². The quantitative estimate of drug-likeness (QED) is 0.451. The number of amides is 3. The van der Waals surface area contributed by atoms with Crippen LogP contribution < -0.4 is 10.8 Å². The second-order valence-corrected chi connectivity index (χ2v) is 7.42. The summed E-state index contributed by atoms with van der Waals surface area (Å²) in [4.78, 5) is 56.2. The molecule has 0 saturated carbocycles. The average molecular weight is 441 g/mol. The van der Waals surface area contributed by atoms with Crippen LogP contribution in [0.15, 0.2) is 54.6 Å². The normalized spacial score (nSPS) is 16.2. The van der Waals surface area contributed by atoms with Gasteiger partial charge in [0.15, 0.2) is 0 Å². The van der Waals surface area contributed by atoms with Gasteiger partial charge in [0, 0.05) is 24.9 Å². The van der Waals surface area contributed by atoms with E-state index in [4.69, 9.17) is 0 Å². The highest BCUT2D eigenvalue weighted by molar-refractivity contribution is 6.38. The molecule has 1 unspecified atom stereocenters. The summed E-state index contributed by atoms with van der Waals surface area (Å²) in [6.07, 6.45) is 0.449. The van der Waals surface area contributed by atoms with Crippen LogP contribution in [0.1, 0.15) is 24.0 Å². The number of ketones is 1. The Labute approximate surface area is 184 Å². The van der Waals surface area contributed by atoms with Crippen LogP contribution in [0.3, 0.4) is 0 Å². The third-order valence-corrected chi connectivity index (χ3v) is 5.24. The van der Waals surface area contributed by atoms with Gasteiger partial charge in [-0.1, -0.05) is 48.5 Å². The third kappa shape index (κ3) is 5.55. The highest BCUT2D eigenvalue weighted by Crippen LogP contribution is 2.20. The van der Waals surface area contributed by atoms with Crippen LogP contribution in [-0.2, 0) is 37.0 Å². The number of Topliss-reactive ketones (excluding diaryl/α,β-unsaturated/α-hetero) is 1. The molecule has 0 bridgehead atoms. The fourth-order valence-corrected chi connectivity index (χ4v) is 3.63. The highest BCUT2D eigenvalue weighted by atomic mass is 19.1. The average Bonchev–Trinajstić information content (AvgIpc) is 3.23. The van der Waals surface area contributed by atoms with E-state index in [1.54, 1.807) is 36.4 Å². The third-order valence-electron chi connectivity index (χ3n) is 5.24. The molecule has 2 aromatic carbocycles. The van der Waals surface area contributed by atoms with E-state index < -0.39 is 35.5 Å². The predicted molar refractivity (Wildman–Crippen MR) is 112 cm³/mol. The summed E-state index contributed by atoms with van der Waals surface area (Å²) < 4.78 is 14.4. The molecule has 1 aliphatic rings. The molecular weight excluding hydrogens is 417 g/mol. The SMILES string of the molecule is CONC(=O)C(=O)C(Cc1ccccc1)N(Cc1ccccc1F)C(=O)[C@H]1CCC(=O)N1. The molecule has 9 heteroatoms. The molecule has 0 aliphatic carbocycles. The molecule has 2 atom stereocenters. The van der Waals surface area contributed by atoms with Crippen LogP contribution in [-0.4, -0.2) is 47.6 Å². The number of carbonyl (C=O) groups is 4. The molecule has 1 fully saturated rings. The van der Waals surface area contributed by atoms with Crippen molar-refractivity contribution in [2.24, 2.45) is 0 Å². The molecule has 0 aromatic heterocycles. The number of halogens is 1. The van der Waals surface area contributed by atoms with Crippen molar-refractivity contribution in [2.45, 2.75) is 37.9 Å². The number of hydrogen-bond donors (Lipinski definition) is 2. The Hall–Kier alpha value is -3.59. The Bertz CT molecular complexity index is 998. The van der Waals surface area contributed by atoms with E-state index in [1.165, 1.54) is 30.2 Å². The largest absolute Gasteiger partial charge is 0.344 e. The lowest BCUT2D eigenvalue weighted by atomic mass is 9.98. The van der Waals surface area contributed by atoms with Crippen LogP contribution in [0.25, 0.3) is 0 Å². The van der Waals surface area contributed by atoms with Gasteiger partial charge >= 0.3 is 5.91 Å². The monoisotopic (exact) mass is 441 g/mol. The lowest BCUT2D eigenvalue weighted by molar-refractivity contribution is -0.151. The van der Waals surface area contributed by atoms with Gasteiger partial charge in [0.25, 0.3) is 0 Å². The minimum absolute atomic E-state index is 0.0255. The Balaban J connectivity index is 2.00. The van der Waals surface area contributed by atoms with Crippen molar-refractivity contribution >= 4 is 23.5 Å². The van der Waals surface area contributed by atoms with E-state index >= 15 is 0 Å². The first-order valence-electron chi connectivity index (χ1n) is 10.1. The Morgan fingerprint density at radius 1 is 1.16 bits per heavy atom. The molecule has 1 heterocycles. The summed E-state index contributed by atoms with van der Waals surface area (Å²) in [5, 5.41) is 2.59. The summed E-state index contributed by atoms with van der Waals surface area (Å²) >= 11 is 0. The zero-order chi connectivity index (χ0) is 23.1. The summed E-state index contributed by atoms with van der Waals surface area (Å²) in [7, 11) is 1.19. The number of benzene rings is 2. The number of rotatable bonds is 9. The molecule has 2 aromatic rings. The van der Waals surface area contributed by atoms with Gasteiger partial charge in [-0.3, -0.25) is 24.0 Å². The van der Waals surface area contributed by atoms with Crippen molar-refractivity contribution in [1.82, 2.24) is 15.7 Å². The number of carbonyl (C=O) groups excluding carboxylic acids is 4. The molecule has 32 heavy (non-hydrogen) atoms. The van der Waals surface area contributed by atoms with Crippen LogP contribution in [0, 0.1) is 5.82 Å². The van der Waals surface area contributed by atoms with Gasteiger partial charge in [-0.05, 0) is 18.1 Å². The van der Waals surface area contributed by atoms with Crippen molar-refractivity contribution < 1.29 is 28.4 Å². The van der Waals surface area contributed by atoms with E-state index in [0.717, 1.165) is 0 Å². The highest BCUT2D eigenvalue weighted by Gasteiger charge is 2.39. The molecule has 0 radical (unpaired) electrons. The molecule has 3 amide bonds. The Morgan fingerprint density at radius 3 is 2.47 bits per heavy atom. The van der Waals surface area contributed by atoms with E-state index in [1.807, 2.05) is 5.48 Å². The van der Waals surface area contributed by atoms with Gasteiger partial charge < -0.3 is 10.2 Å². The maximum Gasteiger partial charge on any atom is 0.313 e. The molecule has 1 aliphatic heterocycles. The van der Waals surface area contributed by atoms with Crippen LogP contribution in [0.2, 0.25) is 0 Å². The fourth-order valence-electron chi connectivity index (χ4n) is 3.63. The minimum atomic E-state index is -1.24. The van der Waals surface area contributed by atoms with E-state index in [0.29, 0.717) is 5.56 Å². The summed E-state index contributed by atoms with van der Waals surface area (Å²) in [5.74, 6) is -3.33. The van der Waals surface area contributed by atoms with Crippen molar-refractivity contribution in [2.75, 3.05) is 7.11 Å². The summed E-state index contributed by atoms with van der Waals surface area (Å²) in [6.45, 7) is -0.249. The van der Waals surface area contributed by atoms with E-state index in [9.17, 15) is 23.6 Å². The first kappa shape index (κ1) is 23.1. The van der Waals surface area contributed by atoms with Gasteiger partial charge in [0.05, 0.1) is 7.11 Å². The maximum absolute atomic E-state index is 14.4.